The molecule has 1 fully saturated rings. The summed E-state index contributed by atoms with van der Waals surface area (Å²) < 4.78 is 15.9. The van der Waals surface area contributed by atoms with Crippen molar-refractivity contribution in [1.82, 2.24) is 19.6 Å². The van der Waals surface area contributed by atoms with Gasteiger partial charge in [0.05, 0.1) is 34.8 Å². The Morgan fingerprint density at radius 2 is 1.81 bits per heavy atom. The molecule has 1 N–H and O–H groups in total. The first-order valence-corrected chi connectivity index (χ1v) is 12.2. The number of amides is 1. The number of benzene rings is 2. The van der Waals surface area contributed by atoms with Crippen LogP contribution in [0.15, 0.2) is 66.4 Å². The maximum atomic E-state index is 14.2. The Balaban J connectivity index is 1.77. The molecule has 0 radical (unpaired) electrons. The number of aliphatic hydroxyl groups is 1. The molecule has 0 saturated carbocycles. The van der Waals surface area contributed by atoms with Gasteiger partial charge in [-0.2, -0.15) is 5.10 Å². The lowest BCUT2D eigenvalue weighted by atomic mass is 9.95. The second kappa shape index (κ2) is 10.9. The predicted octanol–water partition coefficient (Wildman–Crippen LogP) is 4.47. The van der Waals surface area contributed by atoms with Gasteiger partial charge in [0.2, 0.25) is 0 Å². The van der Waals surface area contributed by atoms with Gasteiger partial charge in [-0.3, -0.25) is 9.59 Å². The fourth-order valence-electron chi connectivity index (χ4n) is 4.76. The fraction of sp³-hybridized carbons (Fsp3) is 0.321. The minimum atomic E-state index is -0.892. The standard InChI is InChI=1S/C28H31FN4O3/c1-4-31(5-2)15-10-16-32-25(20-11-9-12-21(29)17-20)24(27(35)28(32)36)26(34)23-18-30-33(19(23)3)22-13-7-6-8-14-22/h6-9,11-14,17-18,25,34H,4-5,10,15-16H2,1-3H3/t25-/m0/s1. The lowest BCUT2D eigenvalue weighted by Crippen LogP contribution is -2.33. The third kappa shape index (κ3) is 4.81. The molecular weight excluding hydrogens is 459 g/mol. The monoisotopic (exact) mass is 490 g/mol. The molecule has 4 rings (SSSR count). The van der Waals surface area contributed by atoms with Crippen molar-refractivity contribution in [2.45, 2.75) is 33.2 Å². The van der Waals surface area contributed by atoms with Gasteiger partial charge in [0.25, 0.3) is 11.7 Å². The van der Waals surface area contributed by atoms with Crippen LogP contribution in [0.1, 0.15) is 43.1 Å². The van der Waals surface area contributed by atoms with Gasteiger partial charge in [-0.1, -0.05) is 44.2 Å². The number of aliphatic hydroxyl groups excluding tert-OH is 1. The minimum Gasteiger partial charge on any atom is -0.507 e. The molecule has 1 aliphatic rings. The number of hydrogen-bond donors (Lipinski definition) is 1. The quantitative estimate of drug-likeness (QED) is 0.272. The average molecular weight is 491 g/mol. The summed E-state index contributed by atoms with van der Waals surface area (Å²) in [5, 5.41) is 15.8. The van der Waals surface area contributed by atoms with E-state index in [1.807, 2.05) is 30.3 Å². The van der Waals surface area contributed by atoms with Crippen molar-refractivity contribution in [2.24, 2.45) is 0 Å². The number of halogens is 1. The first-order chi connectivity index (χ1) is 17.4. The number of nitrogens with zero attached hydrogens (tertiary/aromatic N) is 4. The van der Waals surface area contributed by atoms with Crippen LogP contribution >= 0.6 is 0 Å². The van der Waals surface area contributed by atoms with Gasteiger partial charge in [0, 0.05) is 6.54 Å². The summed E-state index contributed by atoms with van der Waals surface area (Å²) in [5.41, 5.74) is 2.15. The average Bonchev–Trinajstić information content (AvgIpc) is 3.39. The van der Waals surface area contributed by atoms with Crippen molar-refractivity contribution >= 4 is 17.4 Å². The van der Waals surface area contributed by atoms with Crippen LogP contribution in [0.4, 0.5) is 4.39 Å². The van der Waals surface area contributed by atoms with E-state index in [9.17, 15) is 19.1 Å². The summed E-state index contributed by atoms with van der Waals surface area (Å²) in [6.45, 7) is 8.75. The van der Waals surface area contributed by atoms with Gasteiger partial charge in [-0.15, -0.1) is 0 Å². The molecule has 7 nitrogen and oxygen atoms in total. The van der Waals surface area contributed by atoms with Crippen molar-refractivity contribution in [3.8, 4) is 5.69 Å². The first-order valence-electron chi connectivity index (χ1n) is 12.2. The van der Waals surface area contributed by atoms with E-state index in [-0.39, 0.29) is 11.3 Å². The van der Waals surface area contributed by atoms with Crippen molar-refractivity contribution in [1.29, 1.82) is 0 Å². The van der Waals surface area contributed by atoms with Crippen molar-refractivity contribution < 1.29 is 19.1 Å². The lowest BCUT2D eigenvalue weighted by Gasteiger charge is -2.26. The Morgan fingerprint density at radius 1 is 1.08 bits per heavy atom. The Kier molecular flexibility index (Phi) is 7.64. The topological polar surface area (TPSA) is 78.7 Å². The zero-order valence-corrected chi connectivity index (χ0v) is 20.8. The van der Waals surface area contributed by atoms with Gasteiger partial charge in [-0.05, 0) is 62.8 Å². The molecular formula is C28H31FN4O3. The Bertz CT molecular complexity index is 1280. The van der Waals surface area contributed by atoms with Crippen molar-refractivity contribution in [3.05, 3.63) is 89.0 Å². The molecule has 2 heterocycles. The molecule has 2 aromatic carbocycles. The van der Waals surface area contributed by atoms with Crippen LogP contribution in [0.25, 0.3) is 11.4 Å². The van der Waals surface area contributed by atoms with Crippen LogP contribution in [-0.2, 0) is 9.59 Å². The van der Waals surface area contributed by atoms with E-state index in [1.165, 1.54) is 23.2 Å². The molecule has 0 aliphatic carbocycles. The largest absolute Gasteiger partial charge is 0.507 e. The molecule has 8 heteroatoms. The van der Waals surface area contributed by atoms with Crippen molar-refractivity contribution in [2.75, 3.05) is 26.2 Å². The number of ketones is 1. The SMILES string of the molecule is CCN(CC)CCCN1C(=O)C(=O)C(=C(O)c2cnn(-c3ccccc3)c2C)[C@@H]1c1cccc(F)c1. The summed E-state index contributed by atoms with van der Waals surface area (Å²) in [6.07, 6.45) is 2.12. The zero-order valence-electron chi connectivity index (χ0n) is 20.8. The van der Waals surface area contributed by atoms with Crippen molar-refractivity contribution in [3.63, 3.8) is 0 Å². The third-order valence-corrected chi connectivity index (χ3v) is 6.74. The van der Waals surface area contributed by atoms with E-state index >= 15 is 0 Å². The second-order valence-electron chi connectivity index (χ2n) is 8.82. The number of Topliss-reactive ketones (excluding diaryl/α,β-unsaturated/α-hetero) is 1. The van der Waals surface area contributed by atoms with E-state index in [0.717, 1.165) is 25.3 Å². The van der Waals surface area contributed by atoms with Crippen LogP contribution in [0, 0.1) is 12.7 Å². The molecule has 0 bridgehead atoms. The van der Waals surface area contributed by atoms with E-state index in [1.54, 1.807) is 23.7 Å². The Hall–Kier alpha value is -3.78. The summed E-state index contributed by atoms with van der Waals surface area (Å²) in [4.78, 5) is 30.1. The number of likely N-dealkylation sites (tertiary alicyclic amines) is 1. The van der Waals surface area contributed by atoms with Gasteiger partial charge in [0.1, 0.15) is 11.6 Å². The molecule has 188 valence electrons. The molecule has 1 aromatic heterocycles. The highest BCUT2D eigenvalue weighted by atomic mass is 19.1. The Labute approximate surface area is 210 Å². The van der Waals surface area contributed by atoms with Gasteiger partial charge in [-0.25, -0.2) is 9.07 Å². The number of carbonyl (C=O) groups excluding carboxylic acids is 2. The minimum absolute atomic E-state index is 0.0517. The Morgan fingerprint density at radius 3 is 2.47 bits per heavy atom. The highest BCUT2D eigenvalue weighted by Crippen LogP contribution is 2.40. The summed E-state index contributed by atoms with van der Waals surface area (Å²) in [6, 6.07) is 14.3. The number of hydrogen-bond acceptors (Lipinski definition) is 5. The molecule has 0 spiro atoms. The van der Waals surface area contributed by atoms with Gasteiger partial charge in [0.15, 0.2) is 0 Å². The normalized spacial score (nSPS) is 17.4. The molecule has 0 unspecified atom stereocenters. The number of para-hydroxylation sites is 1. The van der Waals surface area contributed by atoms with E-state index < -0.39 is 23.5 Å². The van der Waals surface area contributed by atoms with Crippen LogP contribution in [0.3, 0.4) is 0 Å². The van der Waals surface area contributed by atoms with E-state index in [0.29, 0.717) is 29.8 Å². The summed E-state index contributed by atoms with van der Waals surface area (Å²) in [5.74, 6) is -2.27. The number of carbonyl (C=O) groups is 2. The lowest BCUT2D eigenvalue weighted by molar-refractivity contribution is -0.140. The third-order valence-electron chi connectivity index (χ3n) is 6.74. The summed E-state index contributed by atoms with van der Waals surface area (Å²) >= 11 is 0. The molecule has 1 amide bonds. The molecule has 36 heavy (non-hydrogen) atoms. The van der Waals surface area contributed by atoms with E-state index in [4.69, 9.17) is 0 Å². The highest BCUT2D eigenvalue weighted by molar-refractivity contribution is 6.46. The second-order valence-corrected chi connectivity index (χ2v) is 8.82. The highest BCUT2D eigenvalue weighted by Gasteiger charge is 2.46. The van der Waals surface area contributed by atoms with Crippen LogP contribution in [0.5, 0.6) is 0 Å². The molecule has 1 atom stereocenters. The zero-order chi connectivity index (χ0) is 25.8. The number of aromatic nitrogens is 2. The first kappa shape index (κ1) is 25.3. The van der Waals surface area contributed by atoms with E-state index in [2.05, 4.69) is 23.8 Å². The smallest absolute Gasteiger partial charge is 0.295 e. The van der Waals surface area contributed by atoms with Crippen LogP contribution < -0.4 is 0 Å². The van der Waals surface area contributed by atoms with Crippen LogP contribution in [0.2, 0.25) is 0 Å². The number of rotatable bonds is 9. The predicted molar refractivity (Wildman–Crippen MR) is 136 cm³/mol. The maximum absolute atomic E-state index is 14.2. The van der Waals surface area contributed by atoms with Gasteiger partial charge >= 0.3 is 0 Å². The maximum Gasteiger partial charge on any atom is 0.295 e. The summed E-state index contributed by atoms with van der Waals surface area (Å²) in [7, 11) is 0. The molecule has 1 aliphatic heterocycles. The van der Waals surface area contributed by atoms with Crippen LogP contribution in [-0.4, -0.2) is 62.6 Å². The molecule has 1 saturated heterocycles. The van der Waals surface area contributed by atoms with Gasteiger partial charge < -0.3 is 14.9 Å². The molecule has 3 aromatic rings. The fourth-order valence-corrected chi connectivity index (χ4v) is 4.76.